The topological polar surface area (TPSA) is 72.8 Å². The molecule has 0 saturated carbocycles. The minimum absolute atomic E-state index is 0.0734. The van der Waals surface area contributed by atoms with Crippen LogP contribution in [-0.2, 0) is 14.6 Å². The summed E-state index contributed by atoms with van der Waals surface area (Å²) in [6.07, 6.45) is 1.14. The Morgan fingerprint density at radius 2 is 2.00 bits per heavy atom. The number of aliphatic imine (C=N–C) groups is 1. The third-order valence-corrected chi connectivity index (χ3v) is 4.20. The van der Waals surface area contributed by atoms with Crippen LogP contribution in [0.2, 0.25) is 5.02 Å². The van der Waals surface area contributed by atoms with Gasteiger partial charge in [0.15, 0.2) is 0 Å². The summed E-state index contributed by atoms with van der Waals surface area (Å²) in [7, 11) is -3.21. The number of fused-ring (bicyclic) bond motifs is 1. The number of sulfone groups is 1. The number of benzene rings is 1. The van der Waals surface area contributed by atoms with E-state index in [1.54, 1.807) is 32.0 Å². The van der Waals surface area contributed by atoms with Crippen LogP contribution in [0.25, 0.3) is 0 Å². The number of halogens is 1. The number of rotatable bonds is 3. The van der Waals surface area contributed by atoms with Crippen molar-refractivity contribution in [3.8, 4) is 0 Å². The SMILES string of the molecule is CC(C)(CS(C)(=O)=O)N=C1OC(=O)c2cccc(Cl)c21. The van der Waals surface area contributed by atoms with Crippen molar-refractivity contribution in [2.45, 2.75) is 19.4 Å². The number of cyclic esters (lactones) is 1. The van der Waals surface area contributed by atoms with Gasteiger partial charge in [0.25, 0.3) is 0 Å². The predicted molar refractivity (Wildman–Crippen MR) is 77.2 cm³/mol. The number of hydrogen-bond acceptors (Lipinski definition) is 5. The van der Waals surface area contributed by atoms with Gasteiger partial charge in [0.1, 0.15) is 9.84 Å². The number of esters is 1. The fraction of sp³-hybridized carbons (Fsp3) is 0.385. The van der Waals surface area contributed by atoms with Gasteiger partial charge in [-0.1, -0.05) is 17.7 Å². The van der Waals surface area contributed by atoms with Gasteiger partial charge in [-0.3, -0.25) is 0 Å². The molecule has 1 aromatic carbocycles. The van der Waals surface area contributed by atoms with E-state index in [0.717, 1.165) is 6.26 Å². The van der Waals surface area contributed by atoms with Gasteiger partial charge in [-0.25, -0.2) is 18.2 Å². The van der Waals surface area contributed by atoms with Crippen LogP contribution < -0.4 is 0 Å². The number of hydrogen-bond donors (Lipinski definition) is 0. The molecule has 0 spiro atoms. The minimum atomic E-state index is -3.21. The summed E-state index contributed by atoms with van der Waals surface area (Å²) in [6, 6.07) is 4.87. The first-order valence-electron chi connectivity index (χ1n) is 5.88. The number of ether oxygens (including phenoxy) is 1. The van der Waals surface area contributed by atoms with Gasteiger partial charge in [0, 0.05) is 6.26 Å². The van der Waals surface area contributed by atoms with E-state index in [2.05, 4.69) is 4.99 Å². The van der Waals surface area contributed by atoms with Crippen molar-refractivity contribution < 1.29 is 17.9 Å². The summed E-state index contributed by atoms with van der Waals surface area (Å²) in [5, 5.41) is 0.349. The van der Waals surface area contributed by atoms with Crippen molar-refractivity contribution in [2.24, 2.45) is 4.99 Å². The van der Waals surface area contributed by atoms with Crippen LogP contribution in [0.15, 0.2) is 23.2 Å². The normalized spacial score (nSPS) is 17.2. The Kier molecular flexibility index (Phi) is 3.64. The smallest absolute Gasteiger partial charge is 0.345 e. The van der Waals surface area contributed by atoms with E-state index in [1.807, 2.05) is 0 Å². The van der Waals surface area contributed by atoms with Crippen LogP contribution >= 0.6 is 11.6 Å². The van der Waals surface area contributed by atoms with Crippen molar-refractivity contribution in [1.82, 2.24) is 0 Å². The highest BCUT2D eigenvalue weighted by atomic mass is 35.5. The molecule has 108 valence electrons. The molecule has 1 aliphatic rings. The van der Waals surface area contributed by atoms with Crippen LogP contribution in [0.1, 0.15) is 29.8 Å². The van der Waals surface area contributed by atoms with Crippen LogP contribution in [-0.4, -0.2) is 37.8 Å². The quantitative estimate of drug-likeness (QED) is 0.801. The summed E-state index contributed by atoms with van der Waals surface area (Å²) in [5.74, 6) is -0.610. The van der Waals surface area contributed by atoms with Crippen molar-refractivity contribution >= 4 is 33.3 Å². The second-order valence-corrected chi connectivity index (χ2v) is 7.90. The zero-order chi connectivity index (χ0) is 15.1. The standard InChI is InChI=1S/C13H14ClNO4S/c1-13(2,7-20(3,17)18)15-11-10-8(12(16)19-11)5-4-6-9(10)14/h4-6H,7H2,1-3H3. The first-order valence-corrected chi connectivity index (χ1v) is 8.31. The Morgan fingerprint density at radius 3 is 2.60 bits per heavy atom. The van der Waals surface area contributed by atoms with Crippen LogP contribution in [0.3, 0.4) is 0 Å². The Labute approximate surface area is 122 Å². The maximum absolute atomic E-state index is 11.7. The molecule has 0 radical (unpaired) electrons. The fourth-order valence-corrected chi connectivity index (χ4v) is 3.74. The van der Waals surface area contributed by atoms with E-state index in [1.165, 1.54) is 0 Å². The Morgan fingerprint density at radius 1 is 1.35 bits per heavy atom. The number of carbonyl (C=O) groups is 1. The van der Waals surface area contributed by atoms with Crippen molar-refractivity contribution in [3.63, 3.8) is 0 Å². The van der Waals surface area contributed by atoms with Crippen LogP contribution in [0.4, 0.5) is 0 Å². The summed E-state index contributed by atoms with van der Waals surface area (Å²) in [6.45, 7) is 3.31. The van der Waals surface area contributed by atoms with Crippen LogP contribution in [0, 0.1) is 0 Å². The van der Waals surface area contributed by atoms with Gasteiger partial charge in [0.2, 0.25) is 5.90 Å². The van der Waals surface area contributed by atoms with Crippen molar-refractivity contribution in [3.05, 3.63) is 34.3 Å². The molecule has 2 rings (SSSR count). The highest BCUT2D eigenvalue weighted by Crippen LogP contribution is 2.29. The lowest BCUT2D eigenvalue weighted by molar-refractivity contribution is 0.0736. The second-order valence-electron chi connectivity index (χ2n) is 5.35. The molecule has 1 aromatic rings. The minimum Gasteiger partial charge on any atom is -0.403 e. The average Bonchev–Trinajstić information content (AvgIpc) is 2.52. The molecular formula is C13H14ClNO4S. The summed E-state index contributed by atoms with van der Waals surface area (Å²) in [5.41, 5.74) is -0.156. The molecule has 0 unspecified atom stereocenters. The predicted octanol–water partition coefficient (Wildman–Crippen LogP) is 2.08. The molecule has 20 heavy (non-hydrogen) atoms. The molecular weight excluding hydrogens is 302 g/mol. The third-order valence-electron chi connectivity index (χ3n) is 2.66. The first-order chi connectivity index (χ1) is 9.09. The maximum atomic E-state index is 11.7. The second kappa shape index (κ2) is 4.86. The van der Waals surface area contributed by atoms with Gasteiger partial charge in [-0.05, 0) is 26.0 Å². The Hall–Kier alpha value is -1.40. The highest BCUT2D eigenvalue weighted by molar-refractivity contribution is 7.90. The maximum Gasteiger partial charge on any atom is 0.345 e. The largest absolute Gasteiger partial charge is 0.403 e. The first kappa shape index (κ1) is 15.0. The Balaban J connectivity index is 2.47. The number of nitrogens with zero attached hydrogens (tertiary/aromatic N) is 1. The number of carbonyl (C=O) groups excluding carboxylic acids is 1. The van der Waals surface area contributed by atoms with E-state index in [0.29, 0.717) is 16.1 Å². The summed E-state index contributed by atoms with van der Waals surface area (Å²) < 4.78 is 27.9. The zero-order valence-corrected chi connectivity index (χ0v) is 12.9. The van der Waals surface area contributed by atoms with Crippen LogP contribution in [0.5, 0.6) is 0 Å². The molecule has 0 atom stereocenters. The average molecular weight is 316 g/mol. The van der Waals surface area contributed by atoms with Gasteiger partial charge in [-0.2, -0.15) is 0 Å². The van der Waals surface area contributed by atoms with Gasteiger partial charge >= 0.3 is 5.97 Å². The van der Waals surface area contributed by atoms with Gasteiger partial charge in [0.05, 0.1) is 27.4 Å². The lowest BCUT2D eigenvalue weighted by atomic mass is 10.1. The fourth-order valence-electron chi connectivity index (χ4n) is 2.13. The van der Waals surface area contributed by atoms with E-state index in [9.17, 15) is 13.2 Å². The van der Waals surface area contributed by atoms with E-state index < -0.39 is 21.3 Å². The third kappa shape index (κ3) is 3.19. The molecule has 0 aromatic heterocycles. The molecule has 0 fully saturated rings. The Bertz CT molecular complexity index is 707. The molecule has 0 N–H and O–H groups in total. The summed E-state index contributed by atoms with van der Waals surface area (Å²) >= 11 is 6.06. The molecule has 5 nitrogen and oxygen atoms in total. The zero-order valence-electron chi connectivity index (χ0n) is 11.3. The molecule has 7 heteroatoms. The molecule has 0 amide bonds. The molecule has 0 saturated heterocycles. The van der Waals surface area contributed by atoms with Crippen molar-refractivity contribution in [1.29, 1.82) is 0 Å². The molecule has 1 heterocycles. The van der Waals surface area contributed by atoms with Crippen molar-refractivity contribution in [2.75, 3.05) is 12.0 Å². The van der Waals surface area contributed by atoms with E-state index >= 15 is 0 Å². The molecule has 0 bridgehead atoms. The molecule has 0 aliphatic carbocycles. The van der Waals surface area contributed by atoms with E-state index in [4.69, 9.17) is 16.3 Å². The van der Waals surface area contributed by atoms with Gasteiger partial charge in [-0.15, -0.1) is 0 Å². The van der Waals surface area contributed by atoms with E-state index in [-0.39, 0.29) is 11.7 Å². The monoisotopic (exact) mass is 315 g/mol. The highest BCUT2D eigenvalue weighted by Gasteiger charge is 2.33. The lowest BCUT2D eigenvalue weighted by Gasteiger charge is -2.18. The molecule has 1 aliphatic heterocycles. The van der Waals surface area contributed by atoms with Gasteiger partial charge < -0.3 is 4.74 Å². The lowest BCUT2D eigenvalue weighted by Crippen LogP contribution is -2.29. The summed E-state index contributed by atoms with van der Waals surface area (Å²) in [4.78, 5) is 16.0.